The zero-order chi connectivity index (χ0) is 8.12. The second kappa shape index (κ2) is 75.3. The summed E-state index contributed by atoms with van der Waals surface area (Å²) in [5.74, 6) is 0. The molecular weight excluding hydrogens is 288 g/mol. The molecule has 0 aliphatic rings. The zero-order valence-corrected chi connectivity index (χ0v) is 6.82. The second-order valence-corrected chi connectivity index (χ2v) is 0.224. The topological polar surface area (TPSA) is 157 Å². The summed E-state index contributed by atoms with van der Waals surface area (Å²) in [6.07, 6.45) is 0. The quantitative estimate of drug-likeness (QED) is 0.472. The van der Waals surface area contributed by atoms with Crippen molar-refractivity contribution in [2.75, 3.05) is 0 Å². The van der Waals surface area contributed by atoms with Gasteiger partial charge in [-0.1, -0.05) is 0 Å². The van der Waals surface area contributed by atoms with Crippen LogP contribution in [0.5, 0.6) is 0 Å². The van der Waals surface area contributed by atoms with Gasteiger partial charge in [-0.25, -0.2) is 0 Å². The molecule has 10 heteroatoms. The first-order chi connectivity index (χ1) is 4.24. The van der Waals surface area contributed by atoms with Crippen molar-refractivity contribution in [2.45, 2.75) is 0 Å². The maximum Gasteiger partial charge on any atom is 0 e. The summed E-state index contributed by atoms with van der Waals surface area (Å²) in [6.45, 7) is 0. The number of hydrogen-bond donors (Lipinski definition) is 0. The molecule has 0 spiro atoms. The average Bonchev–Trinajstić information content (AvgIpc) is 1.70. The van der Waals surface area contributed by atoms with Crippen molar-refractivity contribution < 1.29 is 40.4 Å². The molecule has 0 aliphatic carbocycles. The van der Waals surface area contributed by atoms with Gasteiger partial charge in [-0.05, 0) is 0 Å². The third-order valence-corrected chi connectivity index (χ3v) is 0. The molecule has 0 atom stereocenters. The normalized spacial score (nSPS) is 3.60. The van der Waals surface area contributed by atoms with Crippen molar-refractivity contribution in [1.29, 1.82) is 0 Å². The molecule has 0 aliphatic heterocycles. The molecule has 0 heterocycles. The van der Waals surface area contributed by atoms with E-state index in [1.165, 1.54) is 0 Å². The fourth-order valence-corrected chi connectivity index (χ4v) is 0. The van der Waals surface area contributed by atoms with Gasteiger partial charge in [-0.2, -0.15) is 0 Å². The molecular formula is N3O6Sm-3. The van der Waals surface area contributed by atoms with Crippen LogP contribution in [0.25, 0.3) is 0 Å². The standard InChI is InChI=1S/3HNO2.Sm/c3*2-1-3;/h3*(H,2,3);/p-3. The summed E-state index contributed by atoms with van der Waals surface area (Å²) in [4.78, 5) is 24.0. The Labute approximate surface area is 86.3 Å². The predicted octanol–water partition coefficient (Wildman–Crippen LogP) is 0.752. The van der Waals surface area contributed by atoms with E-state index in [1.807, 2.05) is 0 Å². The summed E-state index contributed by atoms with van der Waals surface area (Å²) in [7, 11) is 0. The van der Waals surface area contributed by atoms with E-state index in [-0.39, 0.29) is 40.4 Å². The molecule has 0 saturated heterocycles. The predicted molar refractivity (Wildman–Crippen MR) is 27.5 cm³/mol. The van der Waals surface area contributed by atoms with Gasteiger partial charge in [0.15, 0.2) is 0 Å². The first-order valence-electron chi connectivity index (χ1n) is 1.10. The Bertz CT molecular complexity index is 49.7. The van der Waals surface area contributed by atoms with Gasteiger partial charge < -0.3 is 30.3 Å². The van der Waals surface area contributed by atoms with E-state index in [9.17, 15) is 0 Å². The molecule has 0 N–H and O–H groups in total. The van der Waals surface area contributed by atoms with Crippen LogP contribution in [0.3, 0.4) is 0 Å². The molecule has 0 aromatic heterocycles. The van der Waals surface area contributed by atoms with Crippen molar-refractivity contribution in [2.24, 2.45) is 16.0 Å². The van der Waals surface area contributed by atoms with Gasteiger partial charge in [0.25, 0.3) is 0 Å². The Balaban J connectivity index is -0.0000000257. The van der Waals surface area contributed by atoms with Gasteiger partial charge in [0.2, 0.25) is 0 Å². The van der Waals surface area contributed by atoms with Crippen molar-refractivity contribution in [3.8, 4) is 0 Å². The van der Waals surface area contributed by atoms with Crippen LogP contribution in [0.1, 0.15) is 0 Å². The molecule has 0 fully saturated rings. The van der Waals surface area contributed by atoms with Gasteiger partial charge in [0.1, 0.15) is 0 Å². The maximum atomic E-state index is 8.00. The molecule has 0 aromatic carbocycles. The third kappa shape index (κ3) is 1510. The molecule has 10 heavy (non-hydrogen) atoms. The van der Waals surface area contributed by atoms with Gasteiger partial charge in [-0.15, -0.1) is 16.0 Å². The van der Waals surface area contributed by atoms with Crippen molar-refractivity contribution >= 4 is 0 Å². The Hall–Kier alpha value is -0.462. The summed E-state index contributed by atoms with van der Waals surface area (Å²) in [6, 6.07) is 0. The molecule has 0 aromatic rings. The van der Waals surface area contributed by atoms with Crippen LogP contribution in [0.4, 0.5) is 0 Å². The van der Waals surface area contributed by atoms with E-state index < -0.39 is 0 Å². The SMILES string of the molecule is O=N[O-].O=N[O-].O=N[O-].[Sm]. The Morgan fingerprint density at radius 2 is 0.700 bits per heavy atom. The van der Waals surface area contributed by atoms with Crippen LogP contribution in [0.2, 0.25) is 0 Å². The Morgan fingerprint density at radius 1 is 0.700 bits per heavy atom. The van der Waals surface area contributed by atoms with Crippen LogP contribution in [0.15, 0.2) is 16.0 Å². The molecule has 0 saturated carbocycles. The zero-order valence-electron chi connectivity index (χ0n) is 4.20. The minimum Gasteiger partial charge on any atom is -0.444 e. The number of nitrogens with zero attached hydrogens (tertiary/aromatic N) is 3. The minimum atomic E-state index is 0. The summed E-state index contributed by atoms with van der Waals surface area (Å²) in [5, 5.41) is 27.0. The molecule has 0 radical (unpaired) electrons. The van der Waals surface area contributed by atoms with Gasteiger partial charge in [0, 0.05) is 40.4 Å². The summed E-state index contributed by atoms with van der Waals surface area (Å²) in [5.41, 5.74) is 0. The maximum absolute atomic E-state index is 8.00. The Morgan fingerprint density at radius 3 is 0.700 bits per heavy atom. The van der Waals surface area contributed by atoms with Crippen molar-refractivity contribution in [3.63, 3.8) is 0 Å². The van der Waals surface area contributed by atoms with E-state index in [0.29, 0.717) is 0 Å². The van der Waals surface area contributed by atoms with Crippen LogP contribution >= 0.6 is 0 Å². The van der Waals surface area contributed by atoms with Crippen LogP contribution in [-0.2, 0) is 0 Å². The Kier molecular flexibility index (Phi) is 171. The average molecular weight is 288 g/mol. The third-order valence-electron chi connectivity index (χ3n) is 0. The van der Waals surface area contributed by atoms with E-state index in [2.05, 4.69) is 0 Å². The molecule has 0 amide bonds. The molecule has 0 rings (SSSR count). The number of rotatable bonds is 0. The van der Waals surface area contributed by atoms with E-state index in [1.54, 1.807) is 0 Å². The largest absolute Gasteiger partial charge is 0.444 e. The number of hydrogen-bond acceptors (Lipinski definition) is 9. The molecule has 0 bridgehead atoms. The van der Waals surface area contributed by atoms with Crippen molar-refractivity contribution in [1.82, 2.24) is 0 Å². The van der Waals surface area contributed by atoms with E-state index >= 15 is 0 Å². The summed E-state index contributed by atoms with van der Waals surface area (Å²) >= 11 is 0. The molecule has 9 nitrogen and oxygen atoms in total. The first kappa shape index (κ1) is 22.7. The first-order valence-corrected chi connectivity index (χ1v) is 1.10. The van der Waals surface area contributed by atoms with Gasteiger partial charge >= 0.3 is 0 Å². The van der Waals surface area contributed by atoms with Crippen LogP contribution < -0.4 is 0 Å². The van der Waals surface area contributed by atoms with Gasteiger partial charge in [-0.3, -0.25) is 0 Å². The minimum absolute atomic E-state index is 0. The van der Waals surface area contributed by atoms with Crippen LogP contribution in [-0.4, -0.2) is 0 Å². The molecule has 60 valence electrons. The van der Waals surface area contributed by atoms with Gasteiger partial charge in [0.05, 0.1) is 0 Å². The fourth-order valence-electron chi connectivity index (χ4n) is 0. The second-order valence-electron chi connectivity index (χ2n) is 0.224. The van der Waals surface area contributed by atoms with E-state index in [0.717, 1.165) is 16.0 Å². The molecule has 0 unspecified atom stereocenters. The van der Waals surface area contributed by atoms with E-state index in [4.69, 9.17) is 30.3 Å². The van der Waals surface area contributed by atoms with Crippen LogP contribution in [0, 0.1) is 70.7 Å². The fraction of sp³-hybridized carbons (Fsp3) is 0. The van der Waals surface area contributed by atoms with Crippen molar-refractivity contribution in [3.05, 3.63) is 30.3 Å². The monoisotopic (exact) mass is 290 g/mol. The summed E-state index contributed by atoms with van der Waals surface area (Å²) < 4.78 is 0. The smallest absolute Gasteiger partial charge is 0 e.